The van der Waals surface area contributed by atoms with E-state index in [0.717, 1.165) is 18.4 Å². The van der Waals surface area contributed by atoms with E-state index in [1.807, 2.05) is 13.0 Å². The van der Waals surface area contributed by atoms with Gasteiger partial charge in [-0.25, -0.2) is 0 Å². The van der Waals surface area contributed by atoms with Crippen LogP contribution in [0.15, 0.2) is 18.2 Å². The predicted molar refractivity (Wildman–Crippen MR) is 69.2 cm³/mol. The van der Waals surface area contributed by atoms with Gasteiger partial charge in [0.25, 0.3) is 0 Å². The summed E-state index contributed by atoms with van der Waals surface area (Å²) in [4.78, 5) is 0. The van der Waals surface area contributed by atoms with Crippen LogP contribution in [-0.2, 0) is 10.2 Å². The normalized spacial score (nSPS) is 16.4. The number of aryl methyl sites for hydroxylation is 1. The van der Waals surface area contributed by atoms with Crippen molar-refractivity contribution in [1.29, 1.82) is 5.26 Å². The van der Waals surface area contributed by atoms with Gasteiger partial charge in [0.05, 0.1) is 17.3 Å². The van der Waals surface area contributed by atoms with Gasteiger partial charge < -0.3 is 0 Å². The van der Waals surface area contributed by atoms with Crippen LogP contribution in [0.4, 0.5) is 5.69 Å². The highest BCUT2D eigenvalue weighted by Gasteiger charge is 2.25. The van der Waals surface area contributed by atoms with Crippen molar-refractivity contribution in [2.45, 2.75) is 19.8 Å². The number of hydrogen-bond acceptors (Lipinski definition) is 3. The minimum atomic E-state index is -3.49. The summed E-state index contributed by atoms with van der Waals surface area (Å²) in [5.41, 5.74) is 1.72. The van der Waals surface area contributed by atoms with Gasteiger partial charge in [0.15, 0.2) is 0 Å². The molecule has 0 aromatic heterocycles. The molecule has 0 atom stereocenters. The van der Waals surface area contributed by atoms with Gasteiger partial charge in [0.2, 0.25) is 0 Å². The molecule has 1 saturated heterocycles. The quantitative estimate of drug-likeness (QED) is 0.902. The second kappa shape index (κ2) is 4.96. The third-order valence-corrected chi connectivity index (χ3v) is 4.53. The largest absolute Gasteiger partial charge is 0.301 e. The number of hydrogen-bond donors (Lipinski definition) is 1. The molecule has 1 aromatic carbocycles. The molecule has 0 amide bonds. The molecule has 1 aliphatic rings. The number of anilines is 1. The third kappa shape index (κ3) is 2.63. The highest BCUT2D eigenvalue weighted by molar-refractivity contribution is 7.90. The Morgan fingerprint density at radius 2 is 2.00 bits per heavy atom. The van der Waals surface area contributed by atoms with E-state index < -0.39 is 10.2 Å². The first-order valence-corrected chi connectivity index (χ1v) is 7.25. The number of nitrogens with one attached hydrogen (secondary N) is 1. The highest BCUT2D eigenvalue weighted by atomic mass is 32.2. The zero-order valence-electron chi connectivity index (χ0n) is 10.2. The number of rotatable bonds is 3. The molecule has 0 radical (unpaired) electrons. The van der Waals surface area contributed by atoms with Crippen LogP contribution in [0.3, 0.4) is 0 Å². The zero-order valence-corrected chi connectivity index (χ0v) is 11.0. The van der Waals surface area contributed by atoms with Gasteiger partial charge in [0.1, 0.15) is 0 Å². The van der Waals surface area contributed by atoms with Gasteiger partial charge in [-0.1, -0.05) is 6.07 Å². The molecule has 0 saturated carbocycles. The SMILES string of the molecule is Cc1ccc(C#N)cc1NS(=O)(=O)N1CCCC1. The molecule has 0 spiro atoms. The molecule has 18 heavy (non-hydrogen) atoms. The van der Waals surface area contributed by atoms with Crippen molar-refractivity contribution in [1.82, 2.24) is 4.31 Å². The topological polar surface area (TPSA) is 73.2 Å². The molecule has 2 rings (SSSR count). The van der Waals surface area contributed by atoms with Crippen LogP contribution in [0.25, 0.3) is 0 Å². The monoisotopic (exact) mass is 265 g/mol. The third-order valence-electron chi connectivity index (χ3n) is 3.01. The van der Waals surface area contributed by atoms with Crippen LogP contribution in [0, 0.1) is 18.3 Å². The molecule has 1 aliphatic heterocycles. The maximum Gasteiger partial charge on any atom is 0.301 e. The van der Waals surface area contributed by atoms with Crippen molar-refractivity contribution in [3.8, 4) is 6.07 Å². The Kier molecular flexibility index (Phi) is 3.55. The molecule has 1 heterocycles. The van der Waals surface area contributed by atoms with Gasteiger partial charge in [-0.3, -0.25) is 4.72 Å². The molecule has 6 heteroatoms. The summed E-state index contributed by atoms with van der Waals surface area (Å²) in [6.45, 7) is 2.93. The van der Waals surface area contributed by atoms with Crippen molar-refractivity contribution >= 4 is 15.9 Å². The Bertz CT molecular complexity index is 584. The maximum atomic E-state index is 12.1. The van der Waals surface area contributed by atoms with Gasteiger partial charge in [-0.15, -0.1) is 0 Å². The second-order valence-corrected chi connectivity index (χ2v) is 6.03. The minimum absolute atomic E-state index is 0.444. The first kappa shape index (κ1) is 12.9. The van der Waals surface area contributed by atoms with Gasteiger partial charge in [0, 0.05) is 13.1 Å². The average Bonchev–Trinajstić information content (AvgIpc) is 2.86. The van der Waals surface area contributed by atoms with Crippen molar-refractivity contribution in [2.75, 3.05) is 17.8 Å². The van der Waals surface area contributed by atoms with E-state index in [1.54, 1.807) is 18.2 Å². The first-order chi connectivity index (χ1) is 8.53. The van der Waals surface area contributed by atoms with Crippen LogP contribution in [-0.4, -0.2) is 25.8 Å². The van der Waals surface area contributed by atoms with Crippen LogP contribution >= 0.6 is 0 Å². The number of nitriles is 1. The Balaban J connectivity index is 2.26. The Morgan fingerprint density at radius 1 is 1.33 bits per heavy atom. The molecule has 0 unspecified atom stereocenters. The summed E-state index contributed by atoms with van der Waals surface area (Å²) in [6.07, 6.45) is 1.80. The van der Waals surface area contributed by atoms with Crippen molar-refractivity contribution in [3.63, 3.8) is 0 Å². The van der Waals surface area contributed by atoms with Crippen molar-refractivity contribution in [3.05, 3.63) is 29.3 Å². The van der Waals surface area contributed by atoms with Crippen LogP contribution in [0.1, 0.15) is 24.0 Å². The second-order valence-electron chi connectivity index (χ2n) is 4.35. The van der Waals surface area contributed by atoms with Gasteiger partial charge in [-0.05, 0) is 37.5 Å². The summed E-state index contributed by atoms with van der Waals surface area (Å²) < 4.78 is 28.2. The summed E-state index contributed by atoms with van der Waals surface area (Å²) >= 11 is 0. The van der Waals surface area contributed by atoms with E-state index in [-0.39, 0.29) is 0 Å². The molecule has 0 aliphatic carbocycles. The zero-order chi connectivity index (χ0) is 13.2. The smallest absolute Gasteiger partial charge is 0.271 e. The lowest BCUT2D eigenvalue weighted by Crippen LogP contribution is -2.33. The molecular formula is C12H15N3O2S. The number of benzene rings is 1. The van der Waals surface area contributed by atoms with Crippen LogP contribution < -0.4 is 4.72 Å². The molecule has 1 fully saturated rings. The summed E-state index contributed by atoms with van der Waals surface area (Å²) in [7, 11) is -3.49. The van der Waals surface area contributed by atoms with Crippen LogP contribution in [0.2, 0.25) is 0 Å². The fourth-order valence-electron chi connectivity index (χ4n) is 1.93. The summed E-state index contributed by atoms with van der Waals surface area (Å²) in [5.74, 6) is 0. The van der Waals surface area contributed by atoms with E-state index in [0.29, 0.717) is 24.3 Å². The lowest BCUT2D eigenvalue weighted by molar-refractivity contribution is 0.482. The number of nitrogens with zero attached hydrogens (tertiary/aromatic N) is 2. The van der Waals surface area contributed by atoms with Crippen molar-refractivity contribution in [2.24, 2.45) is 0 Å². The maximum absolute atomic E-state index is 12.1. The fraction of sp³-hybridized carbons (Fsp3) is 0.417. The average molecular weight is 265 g/mol. The first-order valence-electron chi connectivity index (χ1n) is 5.81. The Morgan fingerprint density at radius 3 is 2.61 bits per heavy atom. The minimum Gasteiger partial charge on any atom is -0.271 e. The van der Waals surface area contributed by atoms with Crippen LogP contribution in [0.5, 0.6) is 0 Å². The summed E-state index contributed by atoms with van der Waals surface area (Å²) in [5, 5.41) is 8.83. The van der Waals surface area contributed by atoms with E-state index in [9.17, 15) is 8.42 Å². The molecular weight excluding hydrogens is 250 g/mol. The molecule has 1 aromatic rings. The van der Waals surface area contributed by atoms with E-state index >= 15 is 0 Å². The van der Waals surface area contributed by atoms with Gasteiger partial charge in [-0.2, -0.15) is 18.0 Å². The van der Waals surface area contributed by atoms with Gasteiger partial charge >= 0.3 is 10.2 Å². The highest BCUT2D eigenvalue weighted by Crippen LogP contribution is 2.21. The molecule has 1 N–H and O–H groups in total. The van der Waals surface area contributed by atoms with E-state index in [1.165, 1.54) is 4.31 Å². The Hall–Kier alpha value is -1.58. The lowest BCUT2D eigenvalue weighted by Gasteiger charge is -2.18. The lowest BCUT2D eigenvalue weighted by atomic mass is 10.1. The standard InChI is InChI=1S/C12H15N3O2S/c1-10-4-5-11(9-13)8-12(10)14-18(16,17)15-6-2-3-7-15/h4-5,8,14H,2-3,6-7H2,1H3. The molecule has 5 nitrogen and oxygen atoms in total. The fourth-order valence-corrected chi connectivity index (χ4v) is 3.30. The Labute approximate surface area is 107 Å². The van der Waals surface area contributed by atoms with E-state index in [4.69, 9.17) is 5.26 Å². The molecule has 96 valence electrons. The summed E-state index contributed by atoms with van der Waals surface area (Å²) in [6, 6.07) is 6.97. The molecule has 0 bridgehead atoms. The van der Waals surface area contributed by atoms with E-state index in [2.05, 4.69) is 4.72 Å². The predicted octanol–water partition coefficient (Wildman–Crippen LogP) is 1.62. The van der Waals surface area contributed by atoms with Crippen molar-refractivity contribution < 1.29 is 8.42 Å².